The van der Waals surface area contributed by atoms with Crippen molar-refractivity contribution in [1.82, 2.24) is 4.90 Å². The molecule has 0 heterocycles. The van der Waals surface area contributed by atoms with E-state index in [1.807, 2.05) is 0 Å². The summed E-state index contributed by atoms with van der Waals surface area (Å²) in [5.41, 5.74) is -0.250. The number of hydrogen-bond donors (Lipinski definition) is 1. The number of nitrogens with zero attached hydrogens (tertiary/aromatic N) is 2. The van der Waals surface area contributed by atoms with Gasteiger partial charge in [0.05, 0.1) is 4.92 Å². The van der Waals surface area contributed by atoms with Crippen LogP contribution in [0.4, 0.5) is 5.69 Å². The third kappa shape index (κ3) is 3.79. The summed E-state index contributed by atoms with van der Waals surface area (Å²) in [7, 11) is 0. The van der Waals surface area contributed by atoms with Crippen LogP contribution < -0.4 is 0 Å². The molecular formula is C12H11ClN2O5. The molecule has 20 heavy (non-hydrogen) atoms. The number of aliphatic carboxylic acids is 1. The summed E-state index contributed by atoms with van der Waals surface area (Å²) in [5.74, 6) is -1.77. The molecule has 0 bridgehead atoms. The lowest BCUT2D eigenvalue weighted by Gasteiger charge is -2.18. The Morgan fingerprint density at radius 2 is 2.15 bits per heavy atom. The maximum atomic E-state index is 12.1. The summed E-state index contributed by atoms with van der Waals surface area (Å²) in [5, 5.41) is 19.2. The van der Waals surface area contributed by atoms with Gasteiger partial charge in [0.1, 0.15) is 11.6 Å². The monoisotopic (exact) mass is 298 g/mol. The molecule has 0 radical (unpaired) electrons. The van der Waals surface area contributed by atoms with Gasteiger partial charge in [0, 0.05) is 18.2 Å². The van der Waals surface area contributed by atoms with Gasteiger partial charge in [-0.15, -0.1) is 6.58 Å². The van der Waals surface area contributed by atoms with Crippen LogP contribution in [0.25, 0.3) is 0 Å². The van der Waals surface area contributed by atoms with Gasteiger partial charge in [0.2, 0.25) is 0 Å². The fourth-order valence-corrected chi connectivity index (χ4v) is 1.76. The zero-order valence-electron chi connectivity index (χ0n) is 10.3. The van der Waals surface area contributed by atoms with Crippen molar-refractivity contribution in [3.05, 3.63) is 51.6 Å². The van der Waals surface area contributed by atoms with Crippen LogP contribution in [0.5, 0.6) is 0 Å². The number of halogens is 1. The Kier molecular flexibility index (Phi) is 5.22. The molecule has 0 aliphatic rings. The normalized spacial score (nSPS) is 9.85. The number of carbonyl (C=O) groups is 2. The van der Waals surface area contributed by atoms with Gasteiger partial charge in [-0.25, -0.2) is 0 Å². The average Bonchev–Trinajstić information content (AvgIpc) is 2.36. The van der Waals surface area contributed by atoms with Crippen molar-refractivity contribution in [1.29, 1.82) is 0 Å². The number of carboxylic acids is 1. The van der Waals surface area contributed by atoms with Crippen LogP contribution >= 0.6 is 11.6 Å². The van der Waals surface area contributed by atoms with Crippen molar-refractivity contribution in [3.63, 3.8) is 0 Å². The first-order chi connectivity index (χ1) is 9.36. The van der Waals surface area contributed by atoms with Crippen LogP contribution in [0, 0.1) is 10.1 Å². The van der Waals surface area contributed by atoms with E-state index in [-0.39, 0.29) is 22.8 Å². The highest BCUT2D eigenvalue weighted by molar-refractivity contribution is 6.33. The molecule has 0 spiro atoms. The van der Waals surface area contributed by atoms with Crippen LogP contribution in [0.3, 0.4) is 0 Å². The van der Waals surface area contributed by atoms with E-state index in [0.717, 1.165) is 17.0 Å². The van der Waals surface area contributed by atoms with Gasteiger partial charge < -0.3 is 10.0 Å². The fraction of sp³-hybridized carbons (Fsp3) is 0.167. The predicted octanol–water partition coefficient (Wildman–Crippen LogP) is 1.96. The number of nitro benzene ring substituents is 1. The first kappa shape index (κ1) is 15.6. The number of amides is 1. The lowest BCUT2D eigenvalue weighted by atomic mass is 10.1. The minimum atomic E-state index is -1.17. The van der Waals surface area contributed by atoms with E-state index in [4.69, 9.17) is 16.7 Å². The molecule has 0 aliphatic carbocycles. The molecule has 0 fully saturated rings. The SMILES string of the molecule is C=CCN(CC(=O)O)C(=O)c1ccc([N+](=O)[O-])c(Cl)c1. The van der Waals surface area contributed by atoms with E-state index in [1.54, 1.807) is 0 Å². The number of hydrogen-bond acceptors (Lipinski definition) is 4. The van der Waals surface area contributed by atoms with Crippen LogP contribution in [0.15, 0.2) is 30.9 Å². The third-order valence-corrected chi connectivity index (χ3v) is 2.66. The molecule has 0 saturated carbocycles. The van der Waals surface area contributed by atoms with E-state index in [1.165, 1.54) is 12.1 Å². The topological polar surface area (TPSA) is 101 Å². The molecule has 0 atom stereocenters. The maximum Gasteiger partial charge on any atom is 0.323 e. The average molecular weight is 299 g/mol. The van der Waals surface area contributed by atoms with Gasteiger partial charge in [-0.2, -0.15) is 0 Å². The van der Waals surface area contributed by atoms with Crippen molar-refractivity contribution < 1.29 is 19.6 Å². The quantitative estimate of drug-likeness (QED) is 0.491. The van der Waals surface area contributed by atoms with Crippen molar-refractivity contribution in [2.24, 2.45) is 0 Å². The Morgan fingerprint density at radius 3 is 2.60 bits per heavy atom. The fourth-order valence-electron chi connectivity index (χ4n) is 1.51. The zero-order valence-corrected chi connectivity index (χ0v) is 11.0. The Bertz CT molecular complexity index is 573. The summed E-state index contributed by atoms with van der Waals surface area (Å²) in [4.78, 5) is 33.8. The first-order valence-corrected chi connectivity index (χ1v) is 5.80. The third-order valence-electron chi connectivity index (χ3n) is 2.35. The van der Waals surface area contributed by atoms with E-state index in [9.17, 15) is 19.7 Å². The molecule has 1 aromatic rings. The lowest BCUT2D eigenvalue weighted by Crippen LogP contribution is -2.35. The smallest absolute Gasteiger partial charge is 0.323 e. The second-order valence-corrected chi connectivity index (χ2v) is 4.20. The van der Waals surface area contributed by atoms with Crippen molar-refractivity contribution in [2.45, 2.75) is 0 Å². The maximum absolute atomic E-state index is 12.1. The van der Waals surface area contributed by atoms with E-state index in [2.05, 4.69) is 6.58 Å². The van der Waals surface area contributed by atoms with Crippen LogP contribution in [0.1, 0.15) is 10.4 Å². The number of carbonyl (C=O) groups excluding carboxylic acids is 1. The van der Waals surface area contributed by atoms with Crippen LogP contribution in [-0.4, -0.2) is 39.9 Å². The molecule has 0 aromatic heterocycles. The van der Waals surface area contributed by atoms with Gasteiger partial charge >= 0.3 is 5.97 Å². The second kappa shape index (κ2) is 6.67. The van der Waals surface area contributed by atoms with Gasteiger partial charge in [-0.1, -0.05) is 17.7 Å². The second-order valence-electron chi connectivity index (χ2n) is 3.79. The standard InChI is InChI=1S/C12H11ClN2O5/c1-2-5-14(7-11(16)17)12(18)8-3-4-10(15(19)20)9(13)6-8/h2-4,6H,1,5,7H2,(H,16,17). The zero-order chi connectivity index (χ0) is 15.3. The van der Waals surface area contributed by atoms with E-state index < -0.39 is 23.3 Å². The van der Waals surface area contributed by atoms with Gasteiger partial charge in [-0.3, -0.25) is 19.7 Å². The Morgan fingerprint density at radius 1 is 1.50 bits per heavy atom. The molecular weight excluding hydrogens is 288 g/mol. The molecule has 0 aliphatic heterocycles. The summed E-state index contributed by atoms with van der Waals surface area (Å²) in [6, 6.07) is 3.46. The number of nitro groups is 1. The minimum Gasteiger partial charge on any atom is -0.480 e. The molecule has 0 saturated heterocycles. The van der Waals surface area contributed by atoms with Crippen LogP contribution in [-0.2, 0) is 4.79 Å². The molecule has 0 unspecified atom stereocenters. The molecule has 1 aromatic carbocycles. The highest BCUT2D eigenvalue weighted by Crippen LogP contribution is 2.25. The molecule has 7 nitrogen and oxygen atoms in total. The largest absolute Gasteiger partial charge is 0.480 e. The van der Waals surface area contributed by atoms with E-state index >= 15 is 0 Å². The van der Waals surface area contributed by atoms with Crippen molar-refractivity contribution >= 4 is 29.2 Å². The van der Waals surface area contributed by atoms with E-state index in [0.29, 0.717) is 0 Å². The number of carboxylic acid groups (broad SMARTS) is 1. The lowest BCUT2D eigenvalue weighted by molar-refractivity contribution is -0.384. The highest BCUT2D eigenvalue weighted by atomic mass is 35.5. The first-order valence-electron chi connectivity index (χ1n) is 5.42. The molecule has 1 amide bonds. The minimum absolute atomic E-state index is 0.0414. The molecule has 106 valence electrons. The molecule has 8 heteroatoms. The molecule has 1 N–H and O–H groups in total. The van der Waals surface area contributed by atoms with Crippen LogP contribution in [0.2, 0.25) is 5.02 Å². The van der Waals surface area contributed by atoms with Crippen molar-refractivity contribution in [2.75, 3.05) is 13.1 Å². The van der Waals surface area contributed by atoms with Gasteiger partial charge in [-0.05, 0) is 12.1 Å². The summed E-state index contributed by atoms with van der Waals surface area (Å²) < 4.78 is 0. The highest BCUT2D eigenvalue weighted by Gasteiger charge is 2.20. The summed E-state index contributed by atoms with van der Waals surface area (Å²) in [6.45, 7) is 2.98. The summed E-state index contributed by atoms with van der Waals surface area (Å²) in [6.07, 6.45) is 1.38. The number of rotatable bonds is 6. The van der Waals surface area contributed by atoms with Gasteiger partial charge in [0.25, 0.3) is 11.6 Å². The molecule has 1 rings (SSSR count). The Balaban J connectivity index is 3.05. The Hall–Kier alpha value is -2.41. The summed E-state index contributed by atoms with van der Waals surface area (Å²) >= 11 is 5.71. The van der Waals surface area contributed by atoms with Crippen molar-refractivity contribution in [3.8, 4) is 0 Å². The Labute approximate surface area is 119 Å². The predicted molar refractivity (Wildman–Crippen MR) is 71.8 cm³/mol. The van der Waals surface area contributed by atoms with Gasteiger partial charge in [0.15, 0.2) is 0 Å². The number of benzene rings is 1.